The molecule has 4 rings (SSSR count). The number of benzene rings is 2. The van der Waals surface area contributed by atoms with Gasteiger partial charge in [-0.05, 0) is 48.7 Å². The van der Waals surface area contributed by atoms with Gasteiger partial charge >= 0.3 is 0 Å². The smallest absolute Gasteiger partial charge is 0.158 e. The molecule has 152 valence electrons. The van der Waals surface area contributed by atoms with Crippen LogP contribution in [0, 0.1) is 6.92 Å². The van der Waals surface area contributed by atoms with E-state index in [1.165, 1.54) is 16.7 Å². The maximum absolute atomic E-state index is 5.96. The van der Waals surface area contributed by atoms with Crippen molar-refractivity contribution in [3.63, 3.8) is 0 Å². The molecule has 0 atom stereocenters. The van der Waals surface area contributed by atoms with Crippen molar-refractivity contribution in [2.45, 2.75) is 38.6 Å². The van der Waals surface area contributed by atoms with Gasteiger partial charge in [-0.3, -0.25) is 4.98 Å². The van der Waals surface area contributed by atoms with Crippen molar-refractivity contribution >= 4 is 10.9 Å². The molecule has 1 aromatic heterocycles. The number of pyridine rings is 1. The highest BCUT2D eigenvalue weighted by Gasteiger charge is 2.22. The van der Waals surface area contributed by atoms with E-state index in [9.17, 15) is 0 Å². The molecule has 0 radical (unpaired) electrons. The molecule has 0 spiro atoms. The molecule has 2 aromatic carbocycles. The summed E-state index contributed by atoms with van der Waals surface area (Å²) in [7, 11) is 1.68. The molecule has 1 aliphatic heterocycles. The summed E-state index contributed by atoms with van der Waals surface area (Å²) in [4.78, 5) is 4.45. The second kappa shape index (κ2) is 9.35. The third-order valence-corrected chi connectivity index (χ3v) is 5.33. The number of nitrogens with zero attached hydrogens (tertiary/aromatic N) is 1. The fraction of sp³-hybridized carbons (Fsp3) is 0.375. The molecule has 1 aliphatic rings. The summed E-state index contributed by atoms with van der Waals surface area (Å²) in [5.41, 5.74) is 4.78. The number of aryl methyl sites for hydroxylation is 2. The van der Waals surface area contributed by atoms with Gasteiger partial charge in [-0.15, -0.1) is 0 Å². The highest BCUT2D eigenvalue weighted by atomic mass is 16.7. The SMILES string of the molecule is COc1ccc2nccc(CC[C@H]3OC[C@H](NCc4cccc(C)c4)CO3)c2c1. The monoisotopic (exact) mass is 392 g/mol. The van der Waals surface area contributed by atoms with Crippen LogP contribution in [0.25, 0.3) is 10.9 Å². The lowest BCUT2D eigenvalue weighted by Gasteiger charge is -2.30. The molecule has 5 nitrogen and oxygen atoms in total. The molecule has 0 unspecified atom stereocenters. The van der Waals surface area contributed by atoms with Gasteiger partial charge in [0.25, 0.3) is 0 Å². The fourth-order valence-corrected chi connectivity index (χ4v) is 3.71. The van der Waals surface area contributed by atoms with Gasteiger partial charge in [0.1, 0.15) is 5.75 Å². The molecule has 29 heavy (non-hydrogen) atoms. The zero-order valence-electron chi connectivity index (χ0n) is 17.1. The Labute approximate surface area is 172 Å². The van der Waals surface area contributed by atoms with Gasteiger partial charge in [0.05, 0.1) is 31.9 Å². The number of fused-ring (bicyclic) bond motifs is 1. The van der Waals surface area contributed by atoms with Crippen molar-refractivity contribution < 1.29 is 14.2 Å². The van der Waals surface area contributed by atoms with Crippen LogP contribution in [0.3, 0.4) is 0 Å². The van der Waals surface area contributed by atoms with Crippen LogP contribution in [-0.2, 0) is 22.4 Å². The number of methoxy groups -OCH3 is 1. The van der Waals surface area contributed by atoms with E-state index in [1.54, 1.807) is 7.11 Å². The lowest BCUT2D eigenvalue weighted by atomic mass is 10.0. The van der Waals surface area contributed by atoms with Crippen molar-refractivity contribution in [2.24, 2.45) is 0 Å². The van der Waals surface area contributed by atoms with Gasteiger partial charge in [-0.2, -0.15) is 0 Å². The number of hydrogen-bond acceptors (Lipinski definition) is 5. The van der Waals surface area contributed by atoms with Crippen LogP contribution in [0.15, 0.2) is 54.7 Å². The molecule has 3 aromatic rings. The van der Waals surface area contributed by atoms with Crippen LogP contribution < -0.4 is 10.1 Å². The first kappa shape index (κ1) is 19.8. The number of ether oxygens (including phenoxy) is 3. The quantitative estimate of drug-likeness (QED) is 0.658. The second-order valence-electron chi connectivity index (χ2n) is 7.55. The first-order valence-corrected chi connectivity index (χ1v) is 10.1. The fourth-order valence-electron chi connectivity index (χ4n) is 3.71. The van der Waals surface area contributed by atoms with Crippen LogP contribution in [0.2, 0.25) is 0 Å². The maximum Gasteiger partial charge on any atom is 0.158 e. The maximum atomic E-state index is 5.96. The Balaban J connectivity index is 1.27. The van der Waals surface area contributed by atoms with Crippen molar-refractivity contribution in [3.05, 3.63) is 71.4 Å². The van der Waals surface area contributed by atoms with Crippen LogP contribution in [0.5, 0.6) is 5.75 Å². The van der Waals surface area contributed by atoms with Crippen LogP contribution in [0.4, 0.5) is 0 Å². The van der Waals surface area contributed by atoms with E-state index in [2.05, 4.69) is 47.6 Å². The average Bonchev–Trinajstić information content (AvgIpc) is 2.76. The summed E-state index contributed by atoms with van der Waals surface area (Å²) in [6.07, 6.45) is 3.39. The normalized spacial score (nSPS) is 19.4. The Morgan fingerprint density at radius 3 is 2.76 bits per heavy atom. The van der Waals surface area contributed by atoms with E-state index in [0.29, 0.717) is 13.2 Å². The molecule has 0 saturated carbocycles. The van der Waals surface area contributed by atoms with E-state index in [1.807, 2.05) is 24.4 Å². The lowest BCUT2D eigenvalue weighted by molar-refractivity contribution is -0.192. The molecule has 2 heterocycles. The van der Waals surface area contributed by atoms with E-state index in [-0.39, 0.29) is 12.3 Å². The second-order valence-corrected chi connectivity index (χ2v) is 7.55. The minimum absolute atomic E-state index is 0.166. The minimum Gasteiger partial charge on any atom is -0.497 e. The van der Waals surface area contributed by atoms with Crippen LogP contribution in [-0.4, -0.2) is 37.6 Å². The Morgan fingerprint density at radius 2 is 1.97 bits per heavy atom. The van der Waals surface area contributed by atoms with Crippen molar-refractivity contribution in [2.75, 3.05) is 20.3 Å². The van der Waals surface area contributed by atoms with E-state index >= 15 is 0 Å². The summed E-state index contributed by atoms with van der Waals surface area (Å²) < 4.78 is 17.3. The van der Waals surface area contributed by atoms with Crippen molar-refractivity contribution in [1.82, 2.24) is 10.3 Å². The van der Waals surface area contributed by atoms with Gasteiger partial charge in [0.2, 0.25) is 0 Å². The van der Waals surface area contributed by atoms with Gasteiger partial charge < -0.3 is 19.5 Å². The van der Waals surface area contributed by atoms with Crippen molar-refractivity contribution in [3.8, 4) is 5.75 Å². The van der Waals surface area contributed by atoms with E-state index < -0.39 is 0 Å². The summed E-state index contributed by atoms with van der Waals surface area (Å²) in [5, 5.41) is 4.65. The molecule has 1 N–H and O–H groups in total. The van der Waals surface area contributed by atoms with E-state index in [4.69, 9.17) is 14.2 Å². The minimum atomic E-state index is -0.166. The molecule has 5 heteroatoms. The standard InChI is InChI=1S/C24H28N2O3/c1-17-4-3-5-18(12-17)14-26-20-15-28-24(29-16-20)9-6-19-10-11-25-23-8-7-21(27-2)13-22(19)23/h3-5,7-8,10-13,20,24,26H,6,9,14-16H2,1-2H3/t20-,24-. The first-order chi connectivity index (χ1) is 14.2. The molecule has 1 fully saturated rings. The zero-order chi connectivity index (χ0) is 20.1. The number of hydrogen-bond donors (Lipinski definition) is 1. The van der Waals surface area contributed by atoms with Gasteiger partial charge in [-0.25, -0.2) is 0 Å². The molecular formula is C24H28N2O3. The van der Waals surface area contributed by atoms with Gasteiger partial charge in [-0.1, -0.05) is 29.8 Å². The summed E-state index contributed by atoms with van der Waals surface area (Å²) in [5.74, 6) is 0.847. The number of aromatic nitrogens is 1. The number of nitrogens with one attached hydrogen (secondary N) is 1. The third-order valence-electron chi connectivity index (χ3n) is 5.33. The molecule has 0 aliphatic carbocycles. The van der Waals surface area contributed by atoms with Crippen LogP contribution >= 0.6 is 0 Å². The molecule has 0 bridgehead atoms. The predicted molar refractivity (Wildman–Crippen MR) is 114 cm³/mol. The van der Waals surface area contributed by atoms with E-state index in [0.717, 1.165) is 36.0 Å². The zero-order valence-corrected chi connectivity index (χ0v) is 17.1. The van der Waals surface area contributed by atoms with Gasteiger partial charge in [0, 0.05) is 24.5 Å². The predicted octanol–water partition coefficient (Wildman–Crippen LogP) is 4.02. The average molecular weight is 392 g/mol. The third kappa shape index (κ3) is 5.12. The summed E-state index contributed by atoms with van der Waals surface area (Å²) in [6.45, 7) is 4.28. The lowest BCUT2D eigenvalue weighted by Crippen LogP contribution is -2.44. The molecule has 0 amide bonds. The van der Waals surface area contributed by atoms with Gasteiger partial charge in [0.15, 0.2) is 6.29 Å². The Kier molecular flexibility index (Phi) is 6.39. The first-order valence-electron chi connectivity index (χ1n) is 10.1. The topological polar surface area (TPSA) is 52.6 Å². The van der Waals surface area contributed by atoms with Crippen molar-refractivity contribution in [1.29, 1.82) is 0 Å². The molecular weight excluding hydrogens is 364 g/mol. The Hall–Kier alpha value is -2.47. The molecule has 1 saturated heterocycles. The summed E-state index contributed by atoms with van der Waals surface area (Å²) >= 11 is 0. The summed E-state index contributed by atoms with van der Waals surface area (Å²) in [6, 6.07) is 16.8. The largest absolute Gasteiger partial charge is 0.497 e. The highest BCUT2D eigenvalue weighted by molar-refractivity contribution is 5.83. The highest BCUT2D eigenvalue weighted by Crippen LogP contribution is 2.24. The van der Waals surface area contributed by atoms with Crippen LogP contribution in [0.1, 0.15) is 23.1 Å². The Bertz CT molecular complexity index is 952. The number of rotatable bonds is 7. The Morgan fingerprint density at radius 1 is 1.10 bits per heavy atom.